The number of aryl methyl sites for hydroxylation is 1. The molecule has 1 saturated heterocycles. The quantitative estimate of drug-likeness (QED) is 0.623. The van der Waals surface area contributed by atoms with E-state index in [4.69, 9.17) is 14.0 Å². The molecule has 7 heteroatoms. The summed E-state index contributed by atoms with van der Waals surface area (Å²) < 4.78 is 18.5. The third-order valence-electron chi connectivity index (χ3n) is 4.76. The van der Waals surface area contributed by atoms with Gasteiger partial charge in [0.15, 0.2) is 5.69 Å². The van der Waals surface area contributed by atoms with E-state index in [0.29, 0.717) is 5.69 Å². The Morgan fingerprint density at radius 2 is 1.83 bits per heavy atom. The first kappa shape index (κ1) is 16.0. The van der Waals surface area contributed by atoms with Crippen molar-refractivity contribution < 1.29 is 18.8 Å². The summed E-state index contributed by atoms with van der Waals surface area (Å²) in [5.41, 5.74) is 1.18. The van der Waals surface area contributed by atoms with Gasteiger partial charge in [0.05, 0.1) is 23.8 Å². The largest absolute Gasteiger partial charge is 0.494 e. The van der Waals surface area contributed by atoms with E-state index >= 15 is 0 Å². The van der Waals surface area contributed by atoms with Crippen LogP contribution in [0.4, 0.5) is 0 Å². The lowest BCUT2D eigenvalue weighted by Gasteiger charge is -2.32. The summed E-state index contributed by atoms with van der Waals surface area (Å²) in [7, 11) is 2.61. The van der Waals surface area contributed by atoms with Gasteiger partial charge in [-0.3, -0.25) is 4.68 Å². The molecule has 0 radical (unpaired) electrons. The molecule has 1 aromatic carbocycles. The van der Waals surface area contributed by atoms with Crippen LogP contribution in [0.5, 0.6) is 0 Å². The second-order valence-corrected chi connectivity index (χ2v) is 6.83. The predicted molar refractivity (Wildman–Crippen MR) is 87.8 cm³/mol. The van der Waals surface area contributed by atoms with Crippen LogP contribution in [0.3, 0.4) is 0 Å². The van der Waals surface area contributed by atoms with Crippen LogP contribution in [0.25, 0.3) is 10.9 Å². The summed E-state index contributed by atoms with van der Waals surface area (Å²) in [6.07, 6.45) is 0. The third-order valence-corrected chi connectivity index (χ3v) is 4.76. The minimum atomic E-state index is -0.477. The predicted octanol–water partition coefficient (Wildman–Crippen LogP) is 1.66. The molecule has 0 saturated carbocycles. The van der Waals surface area contributed by atoms with Crippen molar-refractivity contribution in [1.29, 1.82) is 0 Å². The molecule has 1 aromatic heterocycles. The minimum absolute atomic E-state index is 0.410. The number of benzene rings is 1. The fraction of sp³-hybridized carbons (Fsp3) is 0.500. The van der Waals surface area contributed by atoms with Crippen molar-refractivity contribution in [3.8, 4) is 0 Å². The van der Waals surface area contributed by atoms with Gasteiger partial charge < -0.3 is 14.0 Å². The van der Waals surface area contributed by atoms with Crippen LogP contribution >= 0.6 is 0 Å². The van der Waals surface area contributed by atoms with Gasteiger partial charge in [-0.05, 0) is 39.2 Å². The molecule has 0 spiro atoms. The van der Waals surface area contributed by atoms with Crippen molar-refractivity contribution >= 4 is 29.5 Å². The molecule has 6 nitrogen and oxygen atoms in total. The highest BCUT2D eigenvalue weighted by atomic mass is 16.7. The van der Waals surface area contributed by atoms with E-state index in [1.807, 2.05) is 45.9 Å². The standard InChI is InChI=1S/C16H21BN2O4/c1-15(2)16(3,4)23-17(22-15)10-7-8-12-11(9-10)13(14(20)21-6)19(5)18-12/h7-9H,1-6H3. The lowest BCUT2D eigenvalue weighted by molar-refractivity contribution is 0.00578. The molecule has 1 fully saturated rings. The summed E-state index contributed by atoms with van der Waals surface area (Å²) >= 11 is 0. The highest BCUT2D eigenvalue weighted by Crippen LogP contribution is 2.36. The Balaban J connectivity index is 2.06. The SMILES string of the molecule is COC(=O)c1c2cc(B3OC(C)(C)C(C)(C)O3)ccc2nn1C. The van der Waals surface area contributed by atoms with Crippen LogP contribution in [0.1, 0.15) is 38.2 Å². The summed E-state index contributed by atoms with van der Waals surface area (Å²) in [4.78, 5) is 12.0. The maximum Gasteiger partial charge on any atom is 0.494 e. The molecule has 0 atom stereocenters. The van der Waals surface area contributed by atoms with E-state index in [1.54, 1.807) is 7.05 Å². The van der Waals surface area contributed by atoms with Crippen molar-refractivity contribution in [2.24, 2.45) is 7.05 Å². The maximum absolute atomic E-state index is 12.0. The van der Waals surface area contributed by atoms with Crippen molar-refractivity contribution in [2.75, 3.05) is 7.11 Å². The van der Waals surface area contributed by atoms with E-state index in [-0.39, 0.29) is 0 Å². The number of aromatic nitrogens is 2. The van der Waals surface area contributed by atoms with Gasteiger partial charge in [-0.1, -0.05) is 12.1 Å². The smallest absolute Gasteiger partial charge is 0.464 e. The van der Waals surface area contributed by atoms with E-state index in [9.17, 15) is 4.79 Å². The number of ether oxygens (including phenoxy) is 1. The summed E-state index contributed by atoms with van der Waals surface area (Å²) in [6, 6.07) is 5.66. The van der Waals surface area contributed by atoms with Gasteiger partial charge in [0.2, 0.25) is 0 Å². The van der Waals surface area contributed by atoms with Gasteiger partial charge in [0.25, 0.3) is 0 Å². The fourth-order valence-corrected chi connectivity index (χ4v) is 2.68. The molecule has 2 heterocycles. The van der Waals surface area contributed by atoms with Crippen LogP contribution in [0, 0.1) is 0 Å². The molecule has 2 aromatic rings. The number of nitrogens with zero attached hydrogens (tertiary/aromatic N) is 2. The van der Waals surface area contributed by atoms with Crippen LogP contribution in [0.2, 0.25) is 0 Å². The molecule has 0 unspecified atom stereocenters. The van der Waals surface area contributed by atoms with Crippen LogP contribution in [0.15, 0.2) is 18.2 Å². The fourth-order valence-electron chi connectivity index (χ4n) is 2.68. The lowest BCUT2D eigenvalue weighted by atomic mass is 9.78. The number of esters is 1. The van der Waals surface area contributed by atoms with Crippen LogP contribution < -0.4 is 5.46 Å². The van der Waals surface area contributed by atoms with Gasteiger partial charge in [0.1, 0.15) is 0 Å². The first-order valence-corrected chi connectivity index (χ1v) is 7.57. The molecule has 1 aliphatic heterocycles. The minimum Gasteiger partial charge on any atom is -0.464 e. The normalized spacial score (nSPS) is 19.3. The molecular formula is C16H21BN2O4. The molecular weight excluding hydrogens is 295 g/mol. The second-order valence-electron chi connectivity index (χ2n) is 6.83. The van der Waals surface area contributed by atoms with E-state index in [1.165, 1.54) is 11.8 Å². The summed E-state index contributed by atoms with van der Waals surface area (Å²) in [5.74, 6) is -0.416. The van der Waals surface area contributed by atoms with Crippen molar-refractivity contribution in [3.05, 3.63) is 23.9 Å². The molecule has 0 amide bonds. The van der Waals surface area contributed by atoms with Gasteiger partial charge >= 0.3 is 13.1 Å². The molecule has 0 aliphatic carbocycles. The monoisotopic (exact) mass is 316 g/mol. The summed E-state index contributed by atoms with van der Waals surface area (Å²) in [5, 5.41) is 5.07. The van der Waals surface area contributed by atoms with Crippen LogP contribution in [-0.2, 0) is 21.1 Å². The number of rotatable bonds is 2. The molecule has 23 heavy (non-hydrogen) atoms. The number of carbonyl (C=O) groups excluding carboxylic acids is 1. The average molecular weight is 316 g/mol. The number of carbonyl (C=O) groups is 1. The van der Waals surface area contributed by atoms with E-state index in [2.05, 4.69) is 5.10 Å². The first-order chi connectivity index (χ1) is 10.7. The Kier molecular flexibility index (Phi) is 3.53. The number of fused-ring (bicyclic) bond motifs is 1. The van der Waals surface area contributed by atoms with Gasteiger partial charge in [-0.15, -0.1) is 0 Å². The highest BCUT2D eigenvalue weighted by Gasteiger charge is 2.51. The topological polar surface area (TPSA) is 62.6 Å². The van der Waals surface area contributed by atoms with Crippen molar-refractivity contribution in [2.45, 2.75) is 38.9 Å². The number of methoxy groups -OCH3 is 1. The van der Waals surface area contributed by atoms with Gasteiger partial charge in [0, 0.05) is 12.4 Å². The Morgan fingerprint density at radius 1 is 1.22 bits per heavy atom. The zero-order valence-electron chi connectivity index (χ0n) is 14.3. The van der Waals surface area contributed by atoms with E-state index < -0.39 is 24.3 Å². The number of hydrogen-bond donors (Lipinski definition) is 0. The lowest BCUT2D eigenvalue weighted by Crippen LogP contribution is -2.41. The Morgan fingerprint density at radius 3 is 2.39 bits per heavy atom. The second kappa shape index (κ2) is 5.07. The highest BCUT2D eigenvalue weighted by molar-refractivity contribution is 6.62. The van der Waals surface area contributed by atoms with E-state index in [0.717, 1.165) is 16.4 Å². The van der Waals surface area contributed by atoms with Gasteiger partial charge in [-0.25, -0.2) is 4.79 Å². The van der Waals surface area contributed by atoms with Crippen molar-refractivity contribution in [3.63, 3.8) is 0 Å². The Bertz CT molecular complexity index is 766. The molecule has 1 aliphatic rings. The molecule has 122 valence electrons. The van der Waals surface area contributed by atoms with Crippen molar-refractivity contribution in [1.82, 2.24) is 9.78 Å². The molecule has 0 bridgehead atoms. The van der Waals surface area contributed by atoms with Crippen LogP contribution in [-0.4, -0.2) is 41.2 Å². The van der Waals surface area contributed by atoms with Gasteiger partial charge in [-0.2, -0.15) is 5.10 Å². The zero-order chi connectivity index (χ0) is 17.0. The number of hydrogen-bond acceptors (Lipinski definition) is 5. The molecule has 0 N–H and O–H groups in total. The maximum atomic E-state index is 12.0. The third kappa shape index (κ3) is 2.44. The first-order valence-electron chi connectivity index (χ1n) is 7.57. The Hall–Kier alpha value is -1.86. The summed E-state index contributed by atoms with van der Waals surface area (Å²) in [6.45, 7) is 8.04. The zero-order valence-corrected chi connectivity index (χ0v) is 14.3. The Labute approximate surface area is 135 Å². The molecule has 3 rings (SSSR count). The average Bonchev–Trinajstić information content (AvgIpc) is 2.90.